The molecule has 0 aliphatic carbocycles. The number of carboxylic acid groups (broad SMARTS) is 1. The number of carbonyl (C=O) groups is 1. The minimum absolute atomic E-state index is 0.0775. The lowest BCUT2D eigenvalue weighted by Gasteiger charge is -2.23. The van der Waals surface area contributed by atoms with Gasteiger partial charge >= 0.3 is 5.97 Å². The summed E-state index contributed by atoms with van der Waals surface area (Å²) in [5, 5.41) is 23.3. The molecule has 5 heteroatoms. The van der Waals surface area contributed by atoms with Crippen LogP contribution in [0.1, 0.15) is 36.6 Å². The van der Waals surface area contributed by atoms with Crippen LogP contribution in [0.2, 0.25) is 5.02 Å². The fraction of sp³-hybridized carbons (Fsp3) is 0.278. The van der Waals surface area contributed by atoms with E-state index in [0.29, 0.717) is 10.6 Å². The van der Waals surface area contributed by atoms with Crippen molar-refractivity contribution < 1.29 is 15.0 Å². The fourth-order valence-corrected chi connectivity index (χ4v) is 2.55. The molecule has 2 unspecified atom stereocenters. The number of hydrogen-bond acceptors (Lipinski definition) is 3. The Kier molecular flexibility index (Phi) is 6.16. The summed E-state index contributed by atoms with van der Waals surface area (Å²) < 4.78 is 0. The van der Waals surface area contributed by atoms with Gasteiger partial charge in [0.1, 0.15) is 6.04 Å². The molecule has 0 saturated heterocycles. The highest BCUT2D eigenvalue weighted by Crippen LogP contribution is 2.22. The summed E-state index contributed by atoms with van der Waals surface area (Å²) in [5.41, 5.74) is 1.65. The molecule has 23 heavy (non-hydrogen) atoms. The highest BCUT2D eigenvalue weighted by Gasteiger charge is 2.24. The molecule has 2 rings (SSSR count). The average molecular weight is 334 g/mol. The average Bonchev–Trinajstić information content (AvgIpc) is 2.55. The molecule has 122 valence electrons. The van der Waals surface area contributed by atoms with Gasteiger partial charge in [-0.25, -0.2) is 0 Å². The first-order valence-corrected chi connectivity index (χ1v) is 7.82. The van der Waals surface area contributed by atoms with E-state index in [-0.39, 0.29) is 12.5 Å². The van der Waals surface area contributed by atoms with Crippen LogP contribution in [0.5, 0.6) is 0 Å². The van der Waals surface area contributed by atoms with Gasteiger partial charge in [-0.15, -0.1) is 0 Å². The van der Waals surface area contributed by atoms with Gasteiger partial charge in [0.25, 0.3) is 0 Å². The summed E-state index contributed by atoms with van der Waals surface area (Å²) in [4.78, 5) is 11.5. The smallest absolute Gasteiger partial charge is 0.320 e. The first-order valence-electron chi connectivity index (χ1n) is 7.44. The lowest BCUT2D eigenvalue weighted by atomic mass is 10.0. The quantitative estimate of drug-likeness (QED) is 0.724. The maximum Gasteiger partial charge on any atom is 0.320 e. The predicted molar refractivity (Wildman–Crippen MR) is 90.4 cm³/mol. The van der Waals surface area contributed by atoms with Gasteiger partial charge in [-0.05, 0) is 30.2 Å². The third-order valence-corrected chi connectivity index (χ3v) is 4.01. The van der Waals surface area contributed by atoms with Gasteiger partial charge in [0.2, 0.25) is 0 Å². The van der Waals surface area contributed by atoms with Gasteiger partial charge in [-0.1, -0.05) is 54.1 Å². The van der Waals surface area contributed by atoms with E-state index in [2.05, 4.69) is 5.32 Å². The van der Waals surface area contributed by atoms with Crippen molar-refractivity contribution in [2.45, 2.75) is 31.5 Å². The molecule has 0 aliphatic rings. The fourth-order valence-electron chi connectivity index (χ4n) is 2.42. The number of aliphatic carboxylic acids is 1. The Balaban J connectivity index is 2.04. The number of aliphatic hydroxyl groups excluding tert-OH is 1. The number of rotatable bonds is 7. The lowest BCUT2D eigenvalue weighted by Crippen LogP contribution is -2.39. The van der Waals surface area contributed by atoms with E-state index in [1.165, 1.54) is 0 Å². The molecule has 3 N–H and O–H groups in total. The van der Waals surface area contributed by atoms with Crippen LogP contribution in [0.3, 0.4) is 0 Å². The lowest BCUT2D eigenvalue weighted by molar-refractivity contribution is -0.140. The number of carboxylic acids is 1. The van der Waals surface area contributed by atoms with Crippen molar-refractivity contribution in [2.24, 2.45) is 0 Å². The maximum absolute atomic E-state index is 11.5. The number of nitrogens with one attached hydrogen (secondary N) is 1. The zero-order valence-electron chi connectivity index (χ0n) is 12.8. The van der Waals surface area contributed by atoms with Gasteiger partial charge in [0.15, 0.2) is 0 Å². The van der Waals surface area contributed by atoms with Crippen molar-refractivity contribution in [1.29, 1.82) is 0 Å². The first-order chi connectivity index (χ1) is 11.0. The number of benzene rings is 2. The zero-order valence-corrected chi connectivity index (χ0v) is 13.6. The van der Waals surface area contributed by atoms with Crippen LogP contribution in [0, 0.1) is 0 Å². The number of aliphatic hydroxyl groups is 1. The van der Waals surface area contributed by atoms with E-state index in [4.69, 9.17) is 11.6 Å². The summed E-state index contributed by atoms with van der Waals surface area (Å²) in [7, 11) is 0. The summed E-state index contributed by atoms with van der Waals surface area (Å²) in [5.74, 6) is -0.985. The van der Waals surface area contributed by atoms with Crippen LogP contribution in [-0.4, -0.2) is 22.2 Å². The van der Waals surface area contributed by atoms with E-state index in [1.54, 1.807) is 24.3 Å². The van der Waals surface area contributed by atoms with Crippen LogP contribution in [0.15, 0.2) is 54.6 Å². The van der Waals surface area contributed by atoms with Crippen molar-refractivity contribution in [3.8, 4) is 0 Å². The summed E-state index contributed by atoms with van der Waals surface area (Å²) in [6.45, 7) is 1.90. The summed E-state index contributed by atoms with van der Waals surface area (Å²) >= 11 is 5.82. The van der Waals surface area contributed by atoms with Crippen molar-refractivity contribution in [3.63, 3.8) is 0 Å². The van der Waals surface area contributed by atoms with Gasteiger partial charge in [0, 0.05) is 17.5 Å². The molecule has 0 spiro atoms. The van der Waals surface area contributed by atoms with E-state index in [0.717, 1.165) is 5.56 Å². The van der Waals surface area contributed by atoms with Crippen LogP contribution in [-0.2, 0) is 4.79 Å². The van der Waals surface area contributed by atoms with Crippen LogP contribution >= 0.6 is 11.6 Å². The first kappa shape index (κ1) is 17.5. The summed E-state index contributed by atoms with van der Waals surface area (Å²) in [6.07, 6.45) is -0.794. The van der Waals surface area contributed by atoms with Gasteiger partial charge in [0.05, 0.1) is 6.10 Å². The Morgan fingerprint density at radius 1 is 1.09 bits per heavy atom. The maximum atomic E-state index is 11.5. The second-order valence-corrected chi connectivity index (χ2v) is 5.93. The minimum atomic E-state index is -0.985. The molecular formula is C18H20ClNO3. The monoisotopic (exact) mass is 333 g/mol. The Morgan fingerprint density at radius 2 is 1.70 bits per heavy atom. The minimum Gasteiger partial charge on any atom is -0.480 e. The SMILES string of the molecule is C[C@H](NC(CC(O)c1ccc(Cl)cc1)C(=O)O)c1ccccc1. The van der Waals surface area contributed by atoms with E-state index in [9.17, 15) is 15.0 Å². The van der Waals surface area contributed by atoms with Gasteiger partial charge in [-0.2, -0.15) is 0 Å². The third kappa shape index (κ3) is 5.06. The molecule has 0 aromatic heterocycles. The van der Waals surface area contributed by atoms with Crippen molar-refractivity contribution in [2.75, 3.05) is 0 Å². The predicted octanol–water partition coefficient (Wildman–Crippen LogP) is 3.57. The van der Waals surface area contributed by atoms with Crippen LogP contribution in [0.4, 0.5) is 0 Å². The molecular weight excluding hydrogens is 314 g/mol. The van der Waals surface area contributed by atoms with Crippen molar-refractivity contribution >= 4 is 17.6 Å². The highest BCUT2D eigenvalue weighted by molar-refractivity contribution is 6.30. The van der Waals surface area contributed by atoms with Crippen molar-refractivity contribution in [1.82, 2.24) is 5.32 Å². The van der Waals surface area contributed by atoms with E-state index < -0.39 is 18.1 Å². The Morgan fingerprint density at radius 3 is 2.26 bits per heavy atom. The van der Waals surface area contributed by atoms with E-state index >= 15 is 0 Å². The Labute approximate surface area is 140 Å². The molecule has 0 heterocycles. The number of hydrogen-bond donors (Lipinski definition) is 3. The molecule has 0 amide bonds. The number of halogens is 1. The second-order valence-electron chi connectivity index (χ2n) is 5.49. The van der Waals surface area contributed by atoms with Crippen molar-refractivity contribution in [3.05, 3.63) is 70.7 Å². The molecule has 3 atom stereocenters. The Bertz CT molecular complexity index is 630. The largest absolute Gasteiger partial charge is 0.480 e. The van der Waals surface area contributed by atoms with E-state index in [1.807, 2.05) is 37.3 Å². The van der Waals surface area contributed by atoms with Crippen LogP contribution in [0.25, 0.3) is 0 Å². The van der Waals surface area contributed by atoms with Gasteiger partial charge < -0.3 is 10.2 Å². The molecule has 2 aromatic carbocycles. The molecule has 0 saturated carbocycles. The van der Waals surface area contributed by atoms with Gasteiger partial charge in [-0.3, -0.25) is 10.1 Å². The molecule has 0 fully saturated rings. The molecule has 4 nitrogen and oxygen atoms in total. The molecule has 0 aliphatic heterocycles. The molecule has 0 radical (unpaired) electrons. The highest BCUT2D eigenvalue weighted by atomic mass is 35.5. The van der Waals surface area contributed by atoms with Crippen LogP contribution < -0.4 is 5.32 Å². The third-order valence-electron chi connectivity index (χ3n) is 3.76. The summed E-state index contributed by atoms with van der Waals surface area (Å²) in [6, 6.07) is 15.4. The topological polar surface area (TPSA) is 69.6 Å². The normalized spacial score (nSPS) is 14.9. The zero-order chi connectivity index (χ0) is 16.8. The molecule has 2 aromatic rings. The standard InChI is InChI=1S/C18H20ClNO3/c1-12(13-5-3-2-4-6-13)20-16(18(22)23)11-17(21)14-7-9-15(19)10-8-14/h2-10,12,16-17,20-21H,11H2,1H3,(H,22,23)/t12-,16?,17?/m0/s1. The molecule has 0 bridgehead atoms. The Hall–Kier alpha value is -1.88. The second kappa shape index (κ2) is 8.11.